The quantitative estimate of drug-likeness (QED) is 0.603. The first-order chi connectivity index (χ1) is 11.3. The van der Waals surface area contributed by atoms with E-state index in [2.05, 4.69) is 46.3 Å². The van der Waals surface area contributed by atoms with Crippen molar-refractivity contribution in [2.45, 2.75) is 13.2 Å². The maximum atomic E-state index is 6.04. The standard InChI is InChI=1S/C20H18BrNO.ClH/c21-18-11-16(13-22)10-17(12-18)19-8-4-5-9-20(19)23-14-15-6-2-1-3-7-15;/h1-12H,13-14,22H2;1H. The summed E-state index contributed by atoms with van der Waals surface area (Å²) in [5.74, 6) is 0.873. The highest BCUT2D eigenvalue weighted by Crippen LogP contribution is 2.32. The monoisotopic (exact) mass is 403 g/mol. The molecule has 2 N–H and O–H groups in total. The second-order valence-electron chi connectivity index (χ2n) is 5.32. The highest BCUT2D eigenvalue weighted by atomic mass is 79.9. The Kier molecular flexibility index (Phi) is 6.85. The molecule has 0 heterocycles. The van der Waals surface area contributed by atoms with Gasteiger partial charge in [-0.25, -0.2) is 0 Å². The summed E-state index contributed by atoms with van der Waals surface area (Å²) in [6.45, 7) is 1.06. The van der Waals surface area contributed by atoms with Gasteiger partial charge in [0.25, 0.3) is 0 Å². The van der Waals surface area contributed by atoms with Gasteiger partial charge in [-0.05, 0) is 41.0 Å². The SMILES string of the molecule is Cl.NCc1cc(Br)cc(-c2ccccc2OCc2ccccc2)c1. The average Bonchev–Trinajstić information content (AvgIpc) is 2.60. The third-order valence-electron chi connectivity index (χ3n) is 3.63. The highest BCUT2D eigenvalue weighted by Gasteiger charge is 2.08. The van der Waals surface area contributed by atoms with Crippen molar-refractivity contribution < 1.29 is 4.74 Å². The molecule has 0 saturated heterocycles. The predicted molar refractivity (Wildman–Crippen MR) is 105 cm³/mol. The van der Waals surface area contributed by atoms with Crippen LogP contribution in [0, 0.1) is 0 Å². The minimum Gasteiger partial charge on any atom is -0.488 e. The molecule has 2 nitrogen and oxygen atoms in total. The summed E-state index contributed by atoms with van der Waals surface area (Å²) >= 11 is 3.55. The molecule has 4 heteroatoms. The molecular weight excluding hydrogens is 386 g/mol. The molecule has 0 aliphatic carbocycles. The molecule has 24 heavy (non-hydrogen) atoms. The van der Waals surface area contributed by atoms with E-state index in [1.807, 2.05) is 42.5 Å². The van der Waals surface area contributed by atoms with Gasteiger partial charge in [-0.1, -0.05) is 64.5 Å². The Morgan fingerprint density at radius 3 is 2.29 bits per heavy atom. The Balaban J connectivity index is 0.00000208. The Morgan fingerprint density at radius 2 is 1.54 bits per heavy atom. The van der Waals surface area contributed by atoms with E-state index in [9.17, 15) is 0 Å². The van der Waals surface area contributed by atoms with E-state index in [-0.39, 0.29) is 12.4 Å². The summed E-state index contributed by atoms with van der Waals surface area (Å²) in [6.07, 6.45) is 0. The maximum Gasteiger partial charge on any atom is 0.127 e. The number of halogens is 2. The molecule has 0 aliphatic heterocycles. The van der Waals surface area contributed by atoms with Gasteiger partial charge in [0.2, 0.25) is 0 Å². The molecule has 3 aromatic rings. The van der Waals surface area contributed by atoms with Crippen LogP contribution in [0.5, 0.6) is 5.75 Å². The second kappa shape index (κ2) is 8.88. The molecular formula is C20H19BrClNO. The fourth-order valence-corrected chi connectivity index (χ4v) is 3.03. The van der Waals surface area contributed by atoms with Crippen molar-refractivity contribution in [2.75, 3.05) is 0 Å². The summed E-state index contributed by atoms with van der Waals surface area (Å²) in [5, 5.41) is 0. The molecule has 0 atom stereocenters. The average molecular weight is 405 g/mol. The molecule has 124 valence electrons. The number of hydrogen-bond donors (Lipinski definition) is 1. The molecule has 3 aromatic carbocycles. The Morgan fingerprint density at radius 1 is 0.833 bits per heavy atom. The lowest BCUT2D eigenvalue weighted by molar-refractivity contribution is 0.307. The molecule has 0 radical (unpaired) electrons. The fraction of sp³-hybridized carbons (Fsp3) is 0.100. The van der Waals surface area contributed by atoms with Gasteiger partial charge in [0.15, 0.2) is 0 Å². The number of nitrogens with two attached hydrogens (primary N) is 1. The van der Waals surface area contributed by atoms with E-state index in [1.54, 1.807) is 0 Å². The Hall–Kier alpha value is -1.81. The van der Waals surface area contributed by atoms with E-state index in [1.165, 1.54) is 0 Å². The minimum absolute atomic E-state index is 0. The van der Waals surface area contributed by atoms with Crippen molar-refractivity contribution in [3.8, 4) is 16.9 Å². The third-order valence-corrected chi connectivity index (χ3v) is 4.09. The lowest BCUT2D eigenvalue weighted by atomic mass is 10.0. The molecule has 0 aromatic heterocycles. The zero-order valence-electron chi connectivity index (χ0n) is 13.1. The minimum atomic E-state index is 0. The van der Waals surface area contributed by atoms with Crippen LogP contribution in [0.4, 0.5) is 0 Å². The molecule has 0 spiro atoms. The van der Waals surface area contributed by atoms with E-state index in [0.29, 0.717) is 13.2 Å². The van der Waals surface area contributed by atoms with Gasteiger partial charge in [-0.2, -0.15) is 0 Å². The number of hydrogen-bond acceptors (Lipinski definition) is 2. The van der Waals surface area contributed by atoms with Crippen LogP contribution in [0.25, 0.3) is 11.1 Å². The molecule has 0 amide bonds. The van der Waals surface area contributed by atoms with Gasteiger partial charge in [-0.3, -0.25) is 0 Å². The van der Waals surface area contributed by atoms with Crippen molar-refractivity contribution in [3.63, 3.8) is 0 Å². The van der Waals surface area contributed by atoms with Crippen LogP contribution in [0.15, 0.2) is 77.3 Å². The summed E-state index contributed by atoms with van der Waals surface area (Å²) < 4.78 is 7.07. The van der Waals surface area contributed by atoms with Crippen LogP contribution in [0.3, 0.4) is 0 Å². The molecule has 0 fully saturated rings. The van der Waals surface area contributed by atoms with Crippen LogP contribution in [0.2, 0.25) is 0 Å². The van der Waals surface area contributed by atoms with Crippen molar-refractivity contribution in [2.24, 2.45) is 5.73 Å². The third kappa shape index (κ3) is 4.60. The van der Waals surface area contributed by atoms with Crippen molar-refractivity contribution in [1.29, 1.82) is 0 Å². The predicted octanol–water partition coefficient (Wildman–Crippen LogP) is 5.58. The zero-order valence-corrected chi connectivity index (χ0v) is 15.5. The molecule has 0 unspecified atom stereocenters. The summed E-state index contributed by atoms with van der Waals surface area (Å²) in [7, 11) is 0. The lowest BCUT2D eigenvalue weighted by Gasteiger charge is -2.13. The number of ether oxygens (including phenoxy) is 1. The van der Waals surface area contributed by atoms with E-state index < -0.39 is 0 Å². The summed E-state index contributed by atoms with van der Waals surface area (Å²) in [4.78, 5) is 0. The van der Waals surface area contributed by atoms with Crippen LogP contribution in [-0.4, -0.2) is 0 Å². The normalized spacial score (nSPS) is 10.1. The number of para-hydroxylation sites is 1. The van der Waals surface area contributed by atoms with Crippen LogP contribution in [0.1, 0.15) is 11.1 Å². The van der Waals surface area contributed by atoms with Crippen LogP contribution >= 0.6 is 28.3 Å². The van der Waals surface area contributed by atoms with Gasteiger partial charge in [-0.15, -0.1) is 12.4 Å². The maximum absolute atomic E-state index is 6.04. The van der Waals surface area contributed by atoms with Gasteiger partial charge < -0.3 is 10.5 Å². The summed E-state index contributed by atoms with van der Waals surface area (Å²) in [5.41, 5.74) is 10.2. The highest BCUT2D eigenvalue weighted by molar-refractivity contribution is 9.10. The van der Waals surface area contributed by atoms with Crippen LogP contribution in [-0.2, 0) is 13.2 Å². The van der Waals surface area contributed by atoms with Gasteiger partial charge in [0, 0.05) is 16.6 Å². The first-order valence-corrected chi connectivity index (χ1v) is 8.31. The van der Waals surface area contributed by atoms with E-state index in [0.717, 1.165) is 32.5 Å². The number of rotatable bonds is 5. The first-order valence-electron chi connectivity index (χ1n) is 7.52. The van der Waals surface area contributed by atoms with Gasteiger partial charge in [0.1, 0.15) is 12.4 Å². The molecule has 3 rings (SSSR count). The van der Waals surface area contributed by atoms with Crippen LogP contribution < -0.4 is 10.5 Å². The lowest BCUT2D eigenvalue weighted by Crippen LogP contribution is -1.98. The van der Waals surface area contributed by atoms with Crippen molar-refractivity contribution in [3.05, 3.63) is 88.4 Å². The van der Waals surface area contributed by atoms with E-state index >= 15 is 0 Å². The van der Waals surface area contributed by atoms with Crippen molar-refractivity contribution in [1.82, 2.24) is 0 Å². The molecule has 0 bridgehead atoms. The topological polar surface area (TPSA) is 35.2 Å². The Labute approximate surface area is 157 Å². The molecule has 0 aliphatic rings. The van der Waals surface area contributed by atoms with Gasteiger partial charge in [0.05, 0.1) is 0 Å². The number of benzene rings is 3. The largest absolute Gasteiger partial charge is 0.488 e. The van der Waals surface area contributed by atoms with Gasteiger partial charge >= 0.3 is 0 Å². The second-order valence-corrected chi connectivity index (χ2v) is 6.24. The van der Waals surface area contributed by atoms with Crippen molar-refractivity contribution >= 4 is 28.3 Å². The molecule has 0 saturated carbocycles. The first kappa shape index (κ1) is 18.5. The Bertz CT molecular complexity index is 793. The smallest absolute Gasteiger partial charge is 0.127 e. The fourth-order valence-electron chi connectivity index (χ4n) is 2.49. The van der Waals surface area contributed by atoms with E-state index in [4.69, 9.17) is 10.5 Å². The summed E-state index contributed by atoms with van der Waals surface area (Å²) in [6, 6.07) is 24.5. The zero-order chi connectivity index (χ0) is 16.1.